The Morgan fingerprint density at radius 2 is 0.729 bits per heavy atom. The summed E-state index contributed by atoms with van der Waals surface area (Å²) in [6, 6.07) is 70.3. The predicted molar refractivity (Wildman–Crippen MR) is 242 cm³/mol. The van der Waals surface area contributed by atoms with Crippen molar-refractivity contribution >= 4 is 0 Å². The summed E-state index contributed by atoms with van der Waals surface area (Å²) in [4.78, 5) is 15.7. The minimum atomic E-state index is -0.629. The van der Waals surface area contributed by atoms with Crippen LogP contribution in [0, 0.1) is 0 Å². The summed E-state index contributed by atoms with van der Waals surface area (Å²) in [6.45, 7) is 6.93. The lowest BCUT2D eigenvalue weighted by Gasteiger charge is -2.36. The monoisotopic (exact) mass is 755 g/mol. The van der Waals surface area contributed by atoms with Crippen LogP contribution in [0.15, 0.2) is 194 Å². The van der Waals surface area contributed by atoms with Gasteiger partial charge in [-0.05, 0) is 89.9 Å². The number of fused-ring (bicyclic) bond motifs is 12. The molecule has 0 aliphatic heterocycles. The fraction of sp³-hybridized carbons (Fsp3) is 0.0893. The molecule has 0 bridgehead atoms. The van der Waals surface area contributed by atoms with Crippen molar-refractivity contribution in [2.75, 3.05) is 0 Å². The predicted octanol–water partition coefficient (Wildman–Crippen LogP) is 13.8. The first-order chi connectivity index (χ1) is 28.9. The Hall–Kier alpha value is -7.23. The summed E-state index contributed by atoms with van der Waals surface area (Å²) in [5, 5.41) is 0. The normalized spacial score (nSPS) is 14.8. The van der Waals surface area contributed by atoms with E-state index in [0.29, 0.717) is 17.5 Å². The van der Waals surface area contributed by atoms with E-state index in [4.69, 9.17) is 15.0 Å². The molecule has 11 rings (SSSR count). The van der Waals surface area contributed by atoms with Gasteiger partial charge in [0, 0.05) is 16.7 Å². The molecule has 2 aliphatic rings. The molecule has 59 heavy (non-hydrogen) atoms. The van der Waals surface area contributed by atoms with Gasteiger partial charge in [-0.1, -0.05) is 203 Å². The first-order valence-electron chi connectivity index (χ1n) is 20.4. The summed E-state index contributed by atoms with van der Waals surface area (Å²) in [6.07, 6.45) is 0. The summed E-state index contributed by atoms with van der Waals surface area (Å²) in [5.41, 5.74) is 18.3. The molecule has 1 spiro atoms. The maximum absolute atomic E-state index is 5.32. The lowest BCUT2D eigenvalue weighted by atomic mass is 9.65. The molecule has 3 heteroatoms. The van der Waals surface area contributed by atoms with Crippen LogP contribution in [0.2, 0.25) is 0 Å². The summed E-state index contributed by atoms with van der Waals surface area (Å²) < 4.78 is 0. The minimum Gasteiger partial charge on any atom is -0.208 e. The van der Waals surface area contributed by atoms with Crippen molar-refractivity contribution in [1.82, 2.24) is 15.0 Å². The van der Waals surface area contributed by atoms with Gasteiger partial charge in [0.25, 0.3) is 0 Å². The molecule has 8 aromatic carbocycles. The summed E-state index contributed by atoms with van der Waals surface area (Å²) in [7, 11) is 0. The van der Waals surface area contributed by atoms with Crippen molar-refractivity contribution in [2.24, 2.45) is 0 Å². The van der Waals surface area contributed by atoms with Crippen LogP contribution in [-0.4, -0.2) is 15.0 Å². The molecular formula is C56H41N3. The van der Waals surface area contributed by atoms with Crippen LogP contribution in [0.1, 0.15) is 48.6 Å². The number of benzene rings is 8. The van der Waals surface area contributed by atoms with Crippen molar-refractivity contribution in [3.8, 4) is 78.7 Å². The Labute approximate surface area is 345 Å². The molecule has 1 heterocycles. The maximum Gasteiger partial charge on any atom is 0.164 e. The first kappa shape index (κ1) is 35.0. The van der Waals surface area contributed by atoms with Gasteiger partial charge in [-0.3, -0.25) is 0 Å². The van der Waals surface area contributed by atoms with Crippen molar-refractivity contribution < 1.29 is 0 Å². The standard InChI is InChI=1S/C56H41N3/c1-55(2,3)41-30-32-47-45-26-13-15-28-49(45)56(51(47)35-41)48-27-14-12-25-44(48)42-23-10-11-24-43(42)46-31-29-40(34-50(46)56)54-58-52(37-19-8-5-9-20-37)57-53(59-54)39-22-16-21-38(33-39)36-17-6-4-7-18-36/h4-35H,1-3H3. The molecule has 0 amide bonds. The highest BCUT2D eigenvalue weighted by Gasteiger charge is 2.50. The third-order valence-electron chi connectivity index (χ3n) is 12.3. The van der Waals surface area contributed by atoms with Gasteiger partial charge in [-0.25, -0.2) is 15.0 Å². The second-order valence-electron chi connectivity index (χ2n) is 16.8. The van der Waals surface area contributed by atoms with Crippen molar-refractivity contribution in [3.05, 3.63) is 222 Å². The first-order valence-corrected chi connectivity index (χ1v) is 20.4. The van der Waals surface area contributed by atoms with Crippen LogP contribution in [0.5, 0.6) is 0 Å². The second kappa shape index (κ2) is 13.4. The molecule has 0 saturated heterocycles. The largest absolute Gasteiger partial charge is 0.208 e. The lowest BCUT2D eigenvalue weighted by Crippen LogP contribution is -2.30. The Morgan fingerprint density at radius 1 is 0.305 bits per heavy atom. The van der Waals surface area contributed by atoms with Crippen LogP contribution in [-0.2, 0) is 10.8 Å². The van der Waals surface area contributed by atoms with Crippen molar-refractivity contribution in [2.45, 2.75) is 31.6 Å². The van der Waals surface area contributed by atoms with Crippen LogP contribution in [0.25, 0.3) is 78.7 Å². The van der Waals surface area contributed by atoms with Gasteiger partial charge in [0.2, 0.25) is 0 Å². The van der Waals surface area contributed by atoms with Gasteiger partial charge in [-0.2, -0.15) is 0 Å². The second-order valence-corrected chi connectivity index (χ2v) is 16.8. The van der Waals surface area contributed by atoms with E-state index in [1.54, 1.807) is 0 Å². The fourth-order valence-corrected chi connectivity index (χ4v) is 9.52. The van der Waals surface area contributed by atoms with E-state index in [1.165, 1.54) is 61.2 Å². The molecule has 1 aromatic heterocycles. The van der Waals surface area contributed by atoms with Crippen LogP contribution in [0.4, 0.5) is 0 Å². The van der Waals surface area contributed by atoms with Gasteiger partial charge in [0.15, 0.2) is 17.5 Å². The molecule has 0 fully saturated rings. The van der Waals surface area contributed by atoms with E-state index < -0.39 is 5.41 Å². The quantitative estimate of drug-likeness (QED) is 0.180. The van der Waals surface area contributed by atoms with Gasteiger partial charge < -0.3 is 0 Å². The number of nitrogens with zero attached hydrogens (tertiary/aromatic N) is 3. The van der Waals surface area contributed by atoms with Gasteiger partial charge in [0.05, 0.1) is 5.41 Å². The molecule has 1 unspecified atom stereocenters. The Morgan fingerprint density at radius 3 is 1.36 bits per heavy atom. The Bertz CT molecular complexity index is 3090. The molecule has 2 aliphatic carbocycles. The summed E-state index contributed by atoms with van der Waals surface area (Å²) >= 11 is 0. The van der Waals surface area contributed by atoms with E-state index in [-0.39, 0.29) is 5.41 Å². The molecule has 3 nitrogen and oxygen atoms in total. The zero-order valence-electron chi connectivity index (χ0n) is 33.3. The van der Waals surface area contributed by atoms with E-state index in [0.717, 1.165) is 27.8 Å². The van der Waals surface area contributed by atoms with Crippen molar-refractivity contribution in [1.29, 1.82) is 0 Å². The van der Waals surface area contributed by atoms with E-state index in [1.807, 2.05) is 24.3 Å². The Balaban J connectivity index is 1.22. The molecular weight excluding hydrogens is 715 g/mol. The number of aromatic nitrogens is 3. The van der Waals surface area contributed by atoms with Crippen LogP contribution >= 0.6 is 0 Å². The minimum absolute atomic E-state index is 0.0458. The number of rotatable bonds is 4. The topological polar surface area (TPSA) is 38.7 Å². The highest BCUT2D eigenvalue weighted by Crippen LogP contribution is 2.62. The average Bonchev–Trinajstić information content (AvgIpc) is 3.53. The van der Waals surface area contributed by atoms with Gasteiger partial charge in [-0.15, -0.1) is 0 Å². The summed E-state index contributed by atoms with van der Waals surface area (Å²) in [5.74, 6) is 1.92. The van der Waals surface area contributed by atoms with Gasteiger partial charge >= 0.3 is 0 Å². The maximum atomic E-state index is 5.32. The third kappa shape index (κ3) is 5.53. The van der Waals surface area contributed by atoms with Gasteiger partial charge in [0.1, 0.15) is 0 Å². The van der Waals surface area contributed by atoms with Crippen molar-refractivity contribution in [3.63, 3.8) is 0 Å². The van der Waals surface area contributed by atoms with E-state index >= 15 is 0 Å². The highest BCUT2D eigenvalue weighted by molar-refractivity contribution is 5.98. The number of hydrogen-bond acceptors (Lipinski definition) is 3. The molecule has 0 N–H and O–H groups in total. The van der Waals surface area contributed by atoms with E-state index in [9.17, 15) is 0 Å². The third-order valence-corrected chi connectivity index (χ3v) is 12.3. The molecule has 0 radical (unpaired) electrons. The average molecular weight is 756 g/mol. The smallest absolute Gasteiger partial charge is 0.164 e. The molecule has 280 valence electrons. The molecule has 0 saturated carbocycles. The lowest BCUT2D eigenvalue weighted by molar-refractivity contribution is 0.588. The molecule has 9 aromatic rings. The number of hydrogen-bond donors (Lipinski definition) is 0. The fourth-order valence-electron chi connectivity index (χ4n) is 9.52. The Kier molecular flexibility index (Phi) is 7.96. The van der Waals surface area contributed by atoms with Crippen LogP contribution < -0.4 is 0 Å². The van der Waals surface area contributed by atoms with E-state index in [2.05, 4.69) is 191 Å². The zero-order valence-corrected chi connectivity index (χ0v) is 33.3. The molecule has 1 atom stereocenters. The van der Waals surface area contributed by atoms with Crippen LogP contribution in [0.3, 0.4) is 0 Å². The highest BCUT2D eigenvalue weighted by atomic mass is 15.0. The SMILES string of the molecule is CC(C)(C)c1ccc2c(c1)C1(c3ccccc3-c3ccccc3-c3ccc(-c4nc(-c5ccccc5)nc(-c5cccc(-c6ccccc6)c5)n4)cc31)c1ccccc1-2. The zero-order chi connectivity index (χ0) is 39.7.